The zero-order chi connectivity index (χ0) is 22.1. The minimum Gasteiger partial charge on any atom is -0.454 e. The molecular formula is C24H24N4O3S. The number of unbranched alkanes of at least 4 members (excludes halogenated alkanes) is 1. The molecule has 3 aromatic rings. The van der Waals surface area contributed by atoms with E-state index in [9.17, 15) is 0 Å². The van der Waals surface area contributed by atoms with Crippen LogP contribution in [0, 0.1) is 0 Å². The van der Waals surface area contributed by atoms with Gasteiger partial charge in [-0.05, 0) is 49.3 Å². The standard InChI is InChI=1S/C24H24N4O3S/c1-3-4-12-28-15(2)20(21(25-24(28)32)16-8-6-5-7-9-16)23-26-22(27-31-23)17-10-11-18-19(13-17)30-14-29-18/h5-11,13,21H,3-4,12,14H2,1-2H3,(H,25,32). The number of benzene rings is 2. The van der Waals surface area contributed by atoms with E-state index in [1.54, 1.807) is 0 Å². The first-order chi connectivity index (χ1) is 15.7. The Kier molecular flexibility index (Phi) is 5.53. The van der Waals surface area contributed by atoms with Crippen molar-refractivity contribution in [3.05, 3.63) is 65.7 Å². The van der Waals surface area contributed by atoms with Crippen molar-refractivity contribution in [1.29, 1.82) is 0 Å². The number of thiocarbonyl (C=S) groups is 1. The van der Waals surface area contributed by atoms with Crippen LogP contribution in [0.4, 0.5) is 0 Å². The van der Waals surface area contributed by atoms with E-state index in [4.69, 9.17) is 31.2 Å². The Labute approximate surface area is 192 Å². The van der Waals surface area contributed by atoms with Crippen molar-refractivity contribution in [3.8, 4) is 22.9 Å². The predicted molar refractivity (Wildman–Crippen MR) is 125 cm³/mol. The summed E-state index contributed by atoms with van der Waals surface area (Å²) in [5.74, 6) is 2.37. The molecule has 32 heavy (non-hydrogen) atoms. The molecule has 0 saturated carbocycles. The maximum absolute atomic E-state index is 5.79. The van der Waals surface area contributed by atoms with Gasteiger partial charge in [-0.15, -0.1) is 0 Å². The van der Waals surface area contributed by atoms with Crippen LogP contribution >= 0.6 is 12.2 Å². The van der Waals surface area contributed by atoms with Gasteiger partial charge in [-0.3, -0.25) is 0 Å². The topological polar surface area (TPSA) is 72.7 Å². The van der Waals surface area contributed by atoms with Crippen LogP contribution in [0.25, 0.3) is 17.0 Å². The van der Waals surface area contributed by atoms with Crippen LogP contribution < -0.4 is 14.8 Å². The van der Waals surface area contributed by atoms with Crippen LogP contribution in [0.3, 0.4) is 0 Å². The van der Waals surface area contributed by atoms with E-state index in [1.807, 2.05) is 36.4 Å². The Hall–Kier alpha value is -3.39. The number of rotatable bonds is 6. The lowest BCUT2D eigenvalue weighted by molar-refractivity contribution is 0.174. The van der Waals surface area contributed by atoms with Crippen LogP contribution in [-0.4, -0.2) is 33.5 Å². The highest BCUT2D eigenvalue weighted by Gasteiger charge is 2.33. The molecule has 3 heterocycles. The maximum Gasteiger partial charge on any atom is 0.258 e. The zero-order valence-electron chi connectivity index (χ0n) is 18.0. The monoisotopic (exact) mass is 448 g/mol. The summed E-state index contributed by atoms with van der Waals surface area (Å²) in [5, 5.41) is 8.46. The first-order valence-electron chi connectivity index (χ1n) is 10.7. The summed E-state index contributed by atoms with van der Waals surface area (Å²) < 4.78 is 16.7. The van der Waals surface area contributed by atoms with Crippen molar-refractivity contribution in [2.24, 2.45) is 0 Å². The third-order valence-corrected chi connectivity index (χ3v) is 6.09. The lowest BCUT2D eigenvalue weighted by Gasteiger charge is -2.37. The minimum absolute atomic E-state index is 0.174. The Morgan fingerprint density at radius 2 is 1.94 bits per heavy atom. The smallest absolute Gasteiger partial charge is 0.258 e. The number of ether oxygens (including phenoxy) is 2. The van der Waals surface area contributed by atoms with E-state index in [1.165, 1.54) is 0 Å². The summed E-state index contributed by atoms with van der Waals surface area (Å²) >= 11 is 5.71. The zero-order valence-corrected chi connectivity index (χ0v) is 18.8. The fourth-order valence-electron chi connectivity index (χ4n) is 4.03. The van der Waals surface area contributed by atoms with Gasteiger partial charge >= 0.3 is 0 Å². The molecule has 1 unspecified atom stereocenters. The van der Waals surface area contributed by atoms with Gasteiger partial charge in [-0.1, -0.05) is 48.8 Å². The predicted octanol–water partition coefficient (Wildman–Crippen LogP) is 4.93. The van der Waals surface area contributed by atoms with Gasteiger partial charge in [0.1, 0.15) is 0 Å². The van der Waals surface area contributed by atoms with Gasteiger partial charge in [0.2, 0.25) is 12.6 Å². The SMILES string of the molecule is CCCCN1C(=S)NC(c2ccccc2)C(c2nc(-c3ccc4c(c3)OCO4)no2)=C1C. The molecule has 0 aliphatic carbocycles. The Morgan fingerprint density at radius 1 is 1.12 bits per heavy atom. The molecule has 2 aliphatic heterocycles. The number of fused-ring (bicyclic) bond motifs is 1. The second kappa shape index (κ2) is 8.63. The number of aromatic nitrogens is 2. The number of nitrogens with one attached hydrogen (secondary N) is 1. The molecule has 0 fully saturated rings. The summed E-state index contributed by atoms with van der Waals surface area (Å²) in [7, 11) is 0. The number of hydrogen-bond donors (Lipinski definition) is 1. The van der Waals surface area contributed by atoms with Crippen molar-refractivity contribution >= 4 is 22.9 Å². The molecule has 7 nitrogen and oxygen atoms in total. The van der Waals surface area contributed by atoms with Crippen LogP contribution in [0.15, 0.2) is 58.8 Å². The molecule has 8 heteroatoms. The summed E-state index contributed by atoms with van der Waals surface area (Å²) in [4.78, 5) is 6.88. The average Bonchev–Trinajstić information content (AvgIpc) is 3.48. The van der Waals surface area contributed by atoms with Gasteiger partial charge < -0.3 is 24.2 Å². The lowest BCUT2D eigenvalue weighted by atomic mass is 9.95. The molecule has 1 N–H and O–H groups in total. The minimum atomic E-state index is -0.174. The van der Waals surface area contributed by atoms with Gasteiger partial charge in [-0.25, -0.2) is 0 Å². The average molecular weight is 449 g/mol. The first kappa shape index (κ1) is 20.5. The van der Waals surface area contributed by atoms with Gasteiger partial charge in [0.15, 0.2) is 16.6 Å². The van der Waals surface area contributed by atoms with E-state index in [0.717, 1.165) is 47.5 Å². The van der Waals surface area contributed by atoms with Crippen molar-refractivity contribution in [1.82, 2.24) is 20.4 Å². The van der Waals surface area contributed by atoms with E-state index in [2.05, 4.69) is 41.4 Å². The van der Waals surface area contributed by atoms with Crippen molar-refractivity contribution < 1.29 is 14.0 Å². The van der Waals surface area contributed by atoms with Gasteiger partial charge in [0.25, 0.3) is 5.89 Å². The molecule has 164 valence electrons. The molecule has 2 aromatic carbocycles. The Balaban J connectivity index is 1.56. The van der Waals surface area contributed by atoms with Crippen LogP contribution in [-0.2, 0) is 0 Å². The lowest BCUT2D eigenvalue weighted by Crippen LogP contribution is -2.46. The van der Waals surface area contributed by atoms with Crippen molar-refractivity contribution in [2.75, 3.05) is 13.3 Å². The largest absolute Gasteiger partial charge is 0.454 e. The third-order valence-electron chi connectivity index (χ3n) is 5.75. The molecule has 0 saturated heterocycles. The molecule has 0 radical (unpaired) electrons. The molecule has 0 amide bonds. The van der Waals surface area contributed by atoms with E-state index >= 15 is 0 Å². The van der Waals surface area contributed by atoms with Crippen molar-refractivity contribution in [2.45, 2.75) is 32.7 Å². The maximum atomic E-state index is 5.79. The van der Waals surface area contributed by atoms with Crippen LogP contribution in [0.1, 0.15) is 44.2 Å². The van der Waals surface area contributed by atoms with Gasteiger partial charge in [0, 0.05) is 17.8 Å². The Morgan fingerprint density at radius 3 is 2.75 bits per heavy atom. The molecule has 1 atom stereocenters. The van der Waals surface area contributed by atoms with Gasteiger partial charge in [-0.2, -0.15) is 4.98 Å². The normalized spacial score (nSPS) is 17.6. The molecule has 5 rings (SSSR count). The molecule has 1 aromatic heterocycles. The highest BCUT2D eigenvalue weighted by molar-refractivity contribution is 7.80. The molecule has 2 aliphatic rings. The number of allylic oxidation sites excluding steroid dienone is 1. The molecule has 0 spiro atoms. The fraction of sp³-hybridized carbons (Fsp3) is 0.292. The highest BCUT2D eigenvalue weighted by atomic mass is 32.1. The quantitative estimate of drug-likeness (QED) is 0.533. The molecular weight excluding hydrogens is 424 g/mol. The summed E-state index contributed by atoms with van der Waals surface area (Å²) in [6.45, 7) is 5.30. The summed E-state index contributed by atoms with van der Waals surface area (Å²) in [5.41, 5.74) is 3.85. The number of nitrogens with zero attached hydrogens (tertiary/aromatic N) is 3. The highest BCUT2D eigenvalue weighted by Crippen LogP contribution is 2.39. The van der Waals surface area contributed by atoms with Crippen LogP contribution in [0.2, 0.25) is 0 Å². The van der Waals surface area contributed by atoms with Crippen LogP contribution in [0.5, 0.6) is 11.5 Å². The first-order valence-corrected chi connectivity index (χ1v) is 11.1. The second-order valence-corrected chi connectivity index (χ2v) is 8.18. The van der Waals surface area contributed by atoms with E-state index in [-0.39, 0.29) is 12.8 Å². The van der Waals surface area contributed by atoms with E-state index in [0.29, 0.717) is 22.6 Å². The molecule has 0 bridgehead atoms. The summed E-state index contributed by atoms with van der Waals surface area (Å²) in [6, 6.07) is 15.6. The van der Waals surface area contributed by atoms with Crippen molar-refractivity contribution in [3.63, 3.8) is 0 Å². The number of hydrogen-bond acceptors (Lipinski definition) is 6. The Bertz CT molecular complexity index is 1170. The fourth-order valence-corrected chi connectivity index (χ4v) is 4.37. The second-order valence-electron chi connectivity index (χ2n) is 7.79. The third kappa shape index (κ3) is 3.71. The summed E-state index contributed by atoms with van der Waals surface area (Å²) in [6.07, 6.45) is 2.12. The van der Waals surface area contributed by atoms with Gasteiger partial charge in [0.05, 0.1) is 11.6 Å². The van der Waals surface area contributed by atoms with E-state index < -0.39 is 0 Å².